The van der Waals surface area contributed by atoms with Crippen molar-refractivity contribution < 1.29 is 9.53 Å². The van der Waals surface area contributed by atoms with Crippen molar-refractivity contribution in [2.24, 2.45) is 0 Å². The molecule has 0 saturated heterocycles. The van der Waals surface area contributed by atoms with Crippen LogP contribution in [0, 0.1) is 12.3 Å². The molecule has 1 aliphatic carbocycles. The second-order valence-corrected chi connectivity index (χ2v) is 8.04. The van der Waals surface area contributed by atoms with Crippen LogP contribution >= 0.6 is 0 Å². The van der Waals surface area contributed by atoms with Crippen LogP contribution in [0.25, 0.3) is 22.2 Å². The van der Waals surface area contributed by atoms with Crippen molar-refractivity contribution in [1.29, 1.82) is 0 Å². The van der Waals surface area contributed by atoms with Crippen molar-refractivity contribution in [2.75, 3.05) is 12.4 Å². The Morgan fingerprint density at radius 1 is 1.20 bits per heavy atom. The lowest BCUT2D eigenvalue weighted by Crippen LogP contribution is -2.34. The van der Waals surface area contributed by atoms with Crippen LogP contribution in [0.2, 0.25) is 0 Å². The number of anilines is 1. The van der Waals surface area contributed by atoms with Crippen LogP contribution in [0.3, 0.4) is 0 Å². The van der Waals surface area contributed by atoms with Gasteiger partial charge in [-0.2, -0.15) is 0 Å². The third-order valence-corrected chi connectivity index (χ3v) is 5.63. The first kappa shape index (κ1) is 19.9. The van der Waals surface area contributed by atoms with E-state index in [1.807, 2.05) is 50.2 Å². The summed E-state index contributed by atoms with van der Waals surface area (Å²) in [7, 11) is 1.68. The smallest absolute Gasteiger partial charge is 0.319 e. The van der Waals surface area contributed by atoms with Gasteiger partial charge in [0.05, 0.1) is 23.9 Å². The van der Waals surface area contributed by atoms with E-state index in [0.29, 0.717) is 6.04 Å². The van der Waals surface area contributed by atoms with Crippen molar-refractivity contribution in [2.45, 2.75) is 45.2 Å². The maximum Gasteiger partial charge on any atom is 0.319 e. The van der Waals surface area contributed by atoms with E-state index in [4.69, 9.17) is 11.2 Å². The SMILES string of the molecule is C#Cc1c(-c2ccc(NC(=O)NC(C)C)cc2)n(C2CCC2)c2cc(OC)ccc12. The van der Waals surface area contributed by atoms with Crippen LogP contribution in [0.15, 0.2) is 42.5 Å². The highest BCUT2D eigenvalue weighted by Gasteiger charge is 2.27. The van der Waals surface area contributed by atoms with Crippen LogP contribution in [0.5, 0.6) is 5.75 Å². The summed E-state index contributed by atoms with van der Waals surface area (Å²) in [6, 6.07) is 14.3. The average molecular weight is 402 g/mol. The number of methoxy groups -OCH3 is 1. The first-order chi connectivity index (χ1) is 14.5. The highest BCUT2D eigenvalue weighted by atomic mass is 16.5. The average Bonchev–Trinajstić information content (AvgIpc) is 3.00. The van der Waals surface area contributed by atoms with E-state index in [2.05, 4.69) is 27.2 Å². The molecule has 5 heteroatoms. The summed E-state index contributed by atoms with van der Waals surface area (Å²) in [6.45, 7) is 3.86. The van der Waals surface area contributed by atoms with Gasteiger partial charge >= 0.3 is 6.03 Å². The first-order valence-electron chi connectivity index (χ1n) is 10.4. The number of rotatable bonds is 5. The number of hydrogen-bond donors (Lipinski definition) is 2. The van der Waals surface area contributed by atoms with Gasteiger partial charge in [0.1, 0.15) is 5.75 Å². The topological polar surface area (TPSA) is 55.3 Å². The highest BCUT2D eigenvalue weighted by molar-refractivity contribution is 5.96. The lowest BCUT2D eigenvalue weighted by Gasteiger charge is -2.30. The number of nitrogens with one attached hydrogen (secondary N) is 2. The molecule has 4 rings (SSSR count). The number of carbonyl (C=O) groups excluding carboxylic acids is 1. The molecule has 1 fully saturated rings. The van der Waals surface area contributed by atoms with Crippen molar-refractivity contribution in [1.82, 2.24) is 9.88 Å². The molecule has 0 bridgehead atoms. The van der Waals surface area contributed by atoms with Crippen LogP contribution in [0.1, 0.15) is 44.7 Å². The Morgan fingerprint density at radius 2 is 1.93 bits per heavy atom. The number of aromatic nitrogens is 1. The van der Waals surface area contributed by atoms with Crippen LogP contribution in [-0.4, -0.2) is 23.7 Å². The Hall–Kier alpha value is -3.39. The maximum atomic E-state index is 12.0. The van der Waals surface area contributed by atoms with Crippen LogP contribution in [-0.2, 0) is 0 Å². The van der Waals surface area contributed by atoms with Gasteiger partial charge in [0.2, 0.25) is 0 Å². The molecule has 1 aromatic heterocycles. The summed E-state index contributed by atoms with van der Waals surface area (Å²) in [5, 5.41) is 6.77. The summed E-state index contributed by atoms with van der Waals surface area (Å²) in [4.78, 5) is 12.0. The Kier molecular flexibility index (Phi) is 5.41. The molecule has 2 N–H and O–H groups in total. The Morgan fingerprint density at radius 3 is 2.50 bits per heavy atom. The van der Waals surface area contributed by atoms with Crippen LogP contribution < -0.4 is 15.4 Å². The lowest BCUT2D eigenvalue weighted by atomic mass is 9.92. The summed E-state index contributed by atoms with van der Waals surface area (Å²) in [5.41, 5.74) is 4.86. The van der Waals surface area contributed by atoms with E-state index in [1.54, 1.807) is 7.11 Å². The Bertz CT molecular complexity index is 1120. The normalized spacial score (nSPS) is 13.7. The van der Waals surface area contributed by atoms with Gasteiger partial charge in [-0.15, -0.1) is 6.42 Å². The number of amides is 2. The zero-order valence-corrected chi connectivity index (χ0v) is 17.7. The number of ether oxygens (including phenoxy) is 1. The van der Waals surface area contributed by atoms with E-state index in [1.165, 1.54) is 6.42 Å². The van der Waals surface area contributed by atoms with Gasteiger partial charge in [-0.05, 0) is 62.9 Å². The summed E-state index contributed by atoms with van der Waals surface area (Å²) in [5.74, 6) is 3.75. The minimum Gasteiger partial charge on any atom is -0.497 e. The molecule has 2 aromatic carbocycles. The summed E-state index contributed by atoms with van der Waals surface area (Å²) >= 11 is 0. The van der Waals surface area contributed by atoms with Crippen molar-refractivity contribution in [3.8, 4) is 29.4 Å². The van der Waals surface area contributed by atoms with E-state index in [-0.39, 0.29) is 12.1 Å². The quantitative estimate of drug-likeness (QED) is 0.551. The van der Waals surface area contributed by atoms with Crippen LogP contribution in [0.4, 0.5) is 10.5 Å². The molecule has 3 aromatic rings. The van der Waals surface area contributed by atoms with Crippen molar-refractivity contribution in [3.63, 3.8) is 0 Å². The molecule has 5 nitrogen and oxygen atoms in total. The van der Waals surface area contributed by atoms with Gasteiger partial charge in [-0.1, -0.05) is 18.1 Å². The molecule has 0 atom stereocenters. The molecule has 0 radical (unpaired) electrons. The molecule has 0 spiro atoms. The predicted molar refractivity (Wildman–Crippen MR) is 122 cm³/mol. The zero-order chi connectivity index (χ0) is 21.3. The second kappa shape index (κ2) is 8.16. The number of urea groups is 1. The molecule has 1 aliphatic rings. The van der Waals surface area contributed by atoms with E-state index in [0.717, 1.165) is 52.0 Å². The van der Waals surface area contributed by atoms with Gasteiger partial charge in [0, 0.05) is 29.2 Å². The summed E-state index contributed by atoms with van der Waals surface area (Å²) < 4.78 is 7.85. The summed E-state index contributed by atoms with van der Waals surface area (Å²) in [6.07, 6.45) is 9.50. The third kappa shape index (κ3) is 3.61. The maximum absolute atomic E-state index is 12.0. The lowest BCUT2D eigenvalue weighted by molar-refractivity contribution is 0.250. The van der Waals surface area contributed by atoms with E-state index in [9.17, 15) is 4.79 Å². The fraction of sp³-hybridized carbons (Fsp3) is 0.320. The molecular weight excluding hydrogens is 374 g/mol. The van der Waals surface area contributed by atoms with E-state index >= 15 is 0 Å². The first-order valence-corrected chi connectivity index (χ1v) is 10.4. The standard InChI is InChI=1S/C25H27N3O2/c1-5-21-22-14-13-20(30-4)15-23(22)28(19-7-6-8-19)24(21)17-9-11-18(12-10-17)27-25(29)26-16(2)3/h1,9-16,19H,6-8H2,2-4H3,(H2,26,27,29). The molecule has 1 saturated carbocycles. The molecule has 0 unspecified atom stereocenters. The molecule has 2 amide bonds. The highest BCUT2D eigenvalue weighted by Crippen LogP contribution is 2.43. The van der Waals surface area contributed by atoms with Crippen molar-refractivity contribution in [3.05, 3.63) is 48.0 Å². The number of benzene rings is 2. The molecule has 0 aliphatic heterocycles. The zero-order valence-electron chi connectivity index (χ0n) is 17.7. The fourth-order valence-electron chi connectivity index (χ4n) is 4.01. The Labute approximate surface area is 177 Å². The number of fused-ring (bicyclic) bond motifs is 1. The second-order valence-electron chi connectivity index (χ2n) is 8.04. The van der Waals surface area contributed by atoms with Gasteiger partial charge in [-0.3, -0.25) is 0 Å². The molecule has 1 heterocycles. The molecule has 154 valence electrons. The van der Waals surface area contributed by atoms with Gasteiger partial charge in [-0.25, -0.2) is 4.79 Å². The number of carbonyl (C=O) groups is 1. The molecular formula is C25H27N3O2. The minimum atomic E-state index is -0.210. The number of terminal acetylenes is 1. The number of nitrogens with zero attached hydrogens (tertiary/aromatic N) is 1. The largest absolute Gasteiger partial charge is 0.497 e. The van der Waals surface area contributed by atoms with E-state index < -0.39 is 0 Å². The predicted octanol–water partition coefficient (Wildman–Crippen LogP) is 5.55. The van der Waals surface area contributed by atoms with Gasteiger partial charge < -0.3 is 19.9 Å². The minimum absolute atomic E-state index is 0.0811. The Balaban J connectivity index is 1.78. The van der Waals surface area contributed by atoms with Gasteiger partial charge in [0.15, 0.2) is 0 Å². The van der Waals surface area contributed by atoms with Gasteiger partial charge in [0.25, 0.3) is 0 Å². The third-order valence-electron chi connectivity index (χ3n) is 5.63. The fourth-order valence-corrected chi connectivity index (χ4v) is 4.01. The molecule has 30 heavy (non-hydrogen) atoms. The monoisotopic (exact) mass is 401 g/mol. The van der Waals surface area contributed by atoms with Crippen molar-refractivity contribution >= 4 is 22.6 Å². The number of hydrogen-bond acceptors (Lipinski definition) is 2.